The summed E-state index contributed by atoms with van der Waals surface area (Å²) in [6, 6.07) is 12.0. The van der Waals surface area contributed by atoms with Crippen LogP contribution in [0.2, 0.25) is 0 Å². The first kappa shape index (κ1) is 26.6. The summed E-state index contributed by atoms with van der Waals surface area (Å²) in [5.41, 5.74) is 1.03. The Kier molecular flexibility index (Phi) is 8.25. The van der Waals surface area contributed by atoms with Gasteiger partial charge in [-0.05, 0) is 49.7 Å². The zero-order chi connectivity index (χ0) is 26.5. The third kappa shape index (κ3) is 6.16. The first-order valence-corrected chi connectivity index (χ1v) is 10.8. The molecule has 0 amide bonds. The van der Waals surface area contributed by atoms with Crippen molar-refractivity contribution in [3.63, 3.8) is 0 Å². The first-order valence-electron chi connectivity index (χ1n) is 10.8. The number of benzene rings is 2. The average Bonchev–Trinajstić information content (AvgIpc) is 3.33. The molecule has 1 unspecified atom stereocenters. The Balaban J connectivity index is 1.91. The van der Waals surface area contributed by atoms with Gasteiger partial charge in [0.15, 0.2) is 12.4 Å². The third-order valence-electron chi connectivity index (χ3n) is 5.24. The molecule has 2 aromatic carbocycles. The van der Waals surface area contributed by atoms with Gasteiger partial charge in [-0.15, -0.1) is 0 Å². The number of aliphatic hydroxyl groups excluding tert-OH is 1. The van der Waals surface area contributed by atoms with Crippen molar-refractivity contribution in [1.29, 1.82) is 0 Å². The van der Waals surface area contributed by atoms with Crippen LogP contribution in [0.1, 0.15) is 29.8 Å². The Bertz CT molecular complexity index is 1250. The molecule has 3 aromatic rings. The lowest BCUT2D eigenvalue weighted by Gasteiger charge is -2.24. The van der Waals surface area contributed by atoms with Gasteiger partial charge in [-0.2, -0.15) is 18.3 Å². The molecule has 0 saturated carbocycles. The molecule has 0 aliphatic carbocycles. The molecule has 7 nitrogen and oxygen atoms in total. The standard InChI is InChI=1S/C25H23F4N3O4/c1-3-36-24(35)18(15-33)14-31(22-6-4-5-20(26)16(22)2)13-17-7-9-19(10-8-17)32-12-11-21(30-32)23(34)25(27,28)29/h4-12,14-15,23,34H,3,13H2,1-2H3/b18-14+. The van der Waals surface area contributed by atoms with Crippen LogP contribution in [0.25, 0.3) is 5.69 Å². The summed E-state index contributed by atoms with van der Waals surface area (Å²) in [5.74, 6) is -1.29. The van der Waals surface area contributed by atoms with E-state index in [4.69, 9.17) is 4.74 Å². The van der Waals surface area contributed by atoms with E-state index in [0.717, 1.165) is 6.07 Å². The second-order valence-electron chi connectivity index (χ2n) is 7.73. The normalized spacial score (nSPS) is 12.8. The highest BCUT2D eigenvalue weighted by Gasteiger charge is 2.40. The molecular formula is C25H23F4N3O4. The SMILES string of the molecule is CCOC(=O)/C(C=O)=C/N(Cc1ccc(-n2ccc(C(O)C(F)(F)F)n2)cc1)c1cccc(F)c1C. The number of halogens is 4. The molecule has 1 atom stereocenters. The zero-order valence-electron chi connectivity index (χ0n) is 19.4. The fourth-order valence-electron chi connectivity index (χ4n) is 3.37. The summed E-state index contributed by atoms with van der Waals surface area (Å²) in [5, 5.41) is 13.2. The van der Waals surface area contributed by atoms with Gasteiger partial charge in [-0.25, -0.2) is 13.9 Å². The molecule has 1 aromatic heterocycles. The number of anilines is 1. The second kappa shape index (κ2) is 11.2. The van der Waals surface area contributed by atoms with Crippen molar-refractivity contribution in [3.05, 3.63) is 89.1 Å². The van der Waals surface area contributed by atoms with Gasteiger partial charge in [0.2, 0.25) is 0 Å². The van der Waals surface area contributed by atoms with E-state index in [1.54, 1.807) is 44.2 Å². The molecule has 0 spiro atoms. The Labute approximate surface area is 204 Å². The number of aromatic nitrogens is 2. The molecule has 0 saturated heterocycles. The van der Waals surface area contributed by atoms with Gasteiger partial charge in [-0.3, -0.25) is 4.79 Å². The van der Waals surface area contributed by atoms with E-state index in [1.807, 2.05) is 0 Å². The lowest BCUT2D eigenvalue weighted by atomic mass is 10.1. The largest absolute Gasteiger partial charge is 0.462 e. The van der Waals surface area contributed by atoms with Gasteiger partial charge in [0, 0.05) is 30.2 Å². The summed E-state index contributed by atoms with van der Waals surface area (Å²) < 4.78 is 58.6. The molecule has 0 radical (unpaired) electrons. The number of esters is 1. The minimum absolute atomic E-state index is 0.0691. The molecule has 0 bridgehead atoms. The molecule has 0 aliphatic rings. The number of aldehydes is 1. The molecule has 190 valence electrons. The molecule has 1 N–H and O–H groups in total. The number of rotatable bonds is 9. The van der Waals surface area contributed by atoms with Crippen LogP contribution in [-0.2, 0) is 20.9 Å². The average molecular weight is 505 g/mol. The Hall–Kier alpha value is -3.99. The van der Waals surface area contributed by atoms with Crippen LogP contribution in [0, 0.1) is 12.7 Å². The van der Waals surface area contributed by atoms with E-state index in [1.165, 1.54) is 34.1 Å². The Morgan fingerprint density at radius 1 is 1.19 bits per heavy atom. The number of ether oxygens (including phenoxy) is 1. The summed E-state index contributed by atoms with van der Waals surface area (Å²) in [6.07, 6.45) is -4.61. The lowest BCUT2D eigenvalue weighted by molar-refractivity contribution is -0.208. The minimum Gasteiger partial charge on any atom is -0.462 e. The zero-order valence-corrected chi connectivity index (χ0v) is 19.4. The number of hydrogen-bond acceptors (Lipinski definition) is 6. The maximum Gasteiger partial charge on any atom is 0.420 e. The van der Waals surface area contributed by atoms with E-state index in [0.29, 0.717) is 28.8 Å². The summed E-state index contributed by atoms with van der Waals surface area (Å²) >= 11 is 0. The summed E-state index contributed by atoms with van der Waals surface area (Å²) in [6.45, 7) is 3.35. The Morgan fingerprint density at radius 3 is 2.50 bits per heavy atom. The highest BCUT2D eigenvalue weighted by atomic mass is 19.4. The molecule has 11 heteroatoms. The molecule has 0 aliphatic heterocycles. The fourth-order valence-corrected chi connectivity index (χ4v) is 3.37. The van der Waals surface area contributed by atoms with Crippen molar-refractivity contribution in [1.82, 2.24) is 9.78 Å². The van der Waals surface area contributed by atoms with Crippen LogP contribution in [-0.4, -0.2) is 39.9 Å². The molecular weight excluding hydrogens is 482 g/mol. The van der Waals surface area contributed by atoms with Crippen LogP contribution < -0.4 is 4.90 Å². The van der Waals surface area contributed by atoms with Gasteiger partial charge >= 0.3 is 12.1 Å². The molecule has 3 rings (SSSR count). The monoisotopic (exact) mass is 505 g/mol. The summed E-state index contributed by atoms with van der Waals surface area (Å²) in [7, 11) is 0. The summed E-state index contributed by atoms with van der Waals surface area (Å²) in [4.78, 5) is 25.2. The van der Waals surface area contributed by atoms with Crippen LogP contribution >= 0.6 is 0 Å². The molecule has 0 fully saturated rings. The van der Waals surface area contributed by atoms with Gasteiger partial charge in [0.25, 0.3) is 0 Å². The predicted octanol–water partition coefficient (Wildman–Crippen LogP) is 4.57. The molecule has 1 heterocycles. The van der Waals surface area contributed by atoms with Gasteiger partial charge in [-0.1, -0.05) is 18.2 Å². The van der Waals surface area contributed by atoms with Crippen molar-refractivity contribution in [2.75, 3.05) is 11.5 Å². The van der Waals surface area contributed by atoms with Gasteiger partial charge in [0.05, 0.1) is 12.3 Å². The number of carbonyl (C=O) groups excluding carboxylic acids is 2. The van der Waals surface area contributed by atoms with Crippen molar-refractivity contribution < 1.29 is 37.0 Å². The van der Waals surface area contributed by atoms with Crippen molar-refractivity contribution >= 4 is 17.9 Å². The minimum atomic E-state index is -4.83. The topological polar surface area (TPSA) is 84.7 Å². The number of aliphatic hydroxyl groups is 1. The van der Waals surface area contributed by atoms with Gasteiger partial charge in [0.1, 0.15) is 17.1 Å². The van der Waals surface area contributed by atoms with E-state index in [2.05, 4.69) is 5.10 Å². The van der Waals surface area contributed by atoms with Crippen LogP contribution in [0.5, 0.6) is 0 Å². The van der Waals surface area contributed by atoms with Gasteiger partial charge < -0.3 is 14.7 Å². The van der Waals surface area contributed by atoms with Crippen molar-refractivity contribution in [2.24, 2.45) is 0 Å². The number of carbonyl (C=O) groups is 2. The lowest BCUT2D eigenvalue weighted by Crippen LogP contribution is -2.21. The van der Waals surface area contributed by atoms with E-state index >= 15 is 0 Å². The van der Waals surface area contributed by atoms with Crippen LogP contribution in [0.3, 0.4) is 0 Å². The van der Waals surface area contributed by atoms with E-state index < -0.39 is 29.8 Å². The van der Waals surface area contributed by atoms with Crippen LogP contribution in [0.4, 0.5) is 23.2 Å². The maximum atomic E-state index is 14.2. The van der Waals surface area contributed by atoms with Crippen molar-refractivity contribution in [2.45, 2.75) is 32.7 Å². The van der Waals surface area contributed by atoms with Crippen LogP contribution in [0.15, 0.2) is 66.5 Å². The van der Waals surface area contributed by atoms with Crippen molar-refractivity contribution in [3.8, 4) is 5.69 Å². The highest BCUT2D eigenvalue weighted by molar-refractivity contribution is 6.07. The van der Waals surface area contributed by atoms with E-state index in [9.17, 15) is 32.3 Å². The molecule has 36 heavy (non-hydrogen) atoms. The first-order chi connectivity index (χ1) is 17.0. The second-order valence-corrected chi connectivity index (χ2v) is 7.73. The Morgan fingerprint density at radius 2 is 1.89 bits per heavy atom. The smallest absolute Gasteiger partial charge is 0.420 e. The van der Waals surface area contributed by atoms with E-state index in [-0.39, 0.29) is 18.7 Å². The predicted molar refractivity (Wildman–Crippen MR) is 123 cm³/mol. The quantitative estimate of drug-likeness (QED) is 0.115. The number of hydrogen-bond donors (Lipinski definition) is 1. The fraction of sp³-hybridized carbons (Fsp3) is 0.240. The highest BCUT2D eigenvalue weighted by Crippen LogP contribution is 2.31. The number of alkyl halides is 3. The number of nitrogens with zero attached hydrogens (tertiary/aromatic N) is 3. The third-order valence-corrected chi connectivity index (χ3v) is 5.24. The maximum absolute atomic E-state index is 14.2.